The number of benzene rings is 2. The van der Waals surface area contributed by atoms with E-state index in [2.05, 4.69) is 16.0 Å². The van der Waals surface area contributed by atoms with Crippen molar-refractivity contribution in [2.45, 2.75) is 19.8 Å². The minimum absolute atomic E-state index is 0.0265. The number of aryl methyl sites for hydroxylation is 1. The third-order valence-corrected chi connectivity index (χ3v) is 5.10. The van der Waals surface area contributed by atoms with Crippen LogP contribution in [0.4, 0.5) is 17.1 Å². The van der Waals surface area contributed by atoms with E-state index in [4.69, 9.17) is 0 Å². The Kier molecular flexibility index (Phi) is 6.71. The molecule has 1 fully saturated rings. The molecule has 6 nitrogen and oxygen atoms in total. The van der Waals surface area contributed by atoms with Crippen LogP contribution in [-0.4, -0.2) is 29.2 Å². The predicted molar refractivity (Wildman–Crippen MR) is 114 cm³/mol. The van der Waals surface area contributed by atoms with Gasteiger partial charge in [0.05, 0.1) is 11.5 Å². The predicted octanol–water partition coefficient (Wildman–Crippen LogP) is 3.65. The first-order chi connectivity index (χ1) is 13.5. The van der Waals surface area contributed by atoms with E-state index >= 15 is 0 Å². The maximum atomic E-state index is 12.1. The van der Waals surface area contributed by atoms with Gasteiger partial charge in [0, 0.05) is 23.0 Å². The summed E-state index contributed by atoms with van der Waals surface area (Å²) < 4.78 is 0. The normalized spacial score (nSPS) is 12.9. The summed E-state index contributed by atoms with van der Waals surface area (Å²) in [6.07, 6.45) is 1.88. The molecule has 0 aromatic heterocycles. The Balaban J connectivity index is 1.39. The Morgan fingerprint density at radius 1 is 0.857 bits per heavy atom. The zero-order valence-electron chi connectivity index (χ0n) is 15.7. The molecule has 7 heteroatoms. The highest BCUT2D eigenvalue weighted by Gasteiger charge is 2.29. The van der Waals surface area contributed by atoms with Gasteiger partial charge in [-0.15, -0.1) is 11.8 Å². The molecule has 3 rings (SSSR count). The highest BCUT2D eigenvalue weighted by Crippen LogP contribution is 2.30. The highest BCUT2D eigenvalue weighted by atomic mass is 32.2. The van der Waals surface area contributed by atoms with E-state index in [-0.39, 0.29) is 35.1 Å². The number of anilines is 3. The lowest BCUT2D eigenvalue weighted by Gasteiger charge is -2.09. The average Bonchev–Trinajstić information content (AvgIpc) is 3.49. The largest absolute Gasteiger partial charge is 0.326 e. The maximum Gasteiger partial charge on any atom is 0.234 e. The lowest BCUT2D eigenvalue weighted by atomic mass is 10.2. The van der Waals surface area contributed by atoms with E-state index in [1.807, 2.05) is 31.2 Å². The van der Waals surface area contributed by atoms with Crippen LogP contribution in [0.1, 0.15) is 18.4 Å². The van der Waals surface area contributed by atoms with E-state index in [9.17, 15) is 14.4 Å². The van der Waals surface area contributed by atoms with Crippen molar-refractivity contribution in [2.75, 3.05) is 27.5 Å². The smallest absolute Gasteiger partial charge is 0.234 e. The van der Waals surface area contributed by atoms with E-state index in [0.29, 0.717) is 11.4 Å². The van der Waals surface area contributed by atoms with Gasteiger partial charge < -0.3 is 16.0 Å². The number of rotatable bonds is 8. The Hall–Kier alpha value is -2.80. The maximum absolute atomic E-state index is 12.1. The average molecular weight is 398 g/mol. The van der Waals surface area contributed by atoms with Crippen LogP contribution in [0.25, 0.3) is 0 Å². The molecular formula is C21H23N3O3S. The molecule has 1 saturated carbocycles. The summed E-state index contributed by atoms with van der Waals surface area (Å²) in [5.74, 6) is 0.170. The van der Waals surface area contributed by atoms with Gasteiger partial charge in [-0.1, -0.05) is 23.8 Å². The third-order valence-electron chi connectivity index (χ3n) is 4.16. The summed E-state index contributed by atoms with van der Waals surface area (Å²) >= 11 is 1.24. The van der Waals surface area contributed by atoms with E-state index in [1.54, 1.807) is 24.3 Å². The van der Waals surface area contributed by atoms with E-state index < -0.39 is 0 Å². The highest BCUT2D eigenvalue weighted by molar-refractivity contribution is 8.00. The molecule has 1 aliphatic rings. The summed E-state index contributed by atoms with van der Waals surface area (Å²) in [6.45, 7) is 1.98. The molecule has 3 N–H and O–H groups in total. The molecule has 0 heterocycles. The SMILES string of the molecule is Cc1ccc(NC(=O)CSCC(=O)Nc2cccc(NC(=O)C3CC3)c2)cc1. The molecule has 0 aliphatic heterocycles. The third kappa shape index (κ3) is 6.42. The van der Waals surface area contributed by atoms with Crippen LogP contribution < -0.4 is 16.0 Å². The van der Waals surface area contributed by atoms with Gasteiger partial charge in [0.25, 0.3) is 0 Å². The van der Waals surface area contributed by atoms with Crippen molar-refractivity contribution in [3.05, 3.63) is 54.1 Å². The van der Waals surface area contributed by atoms with Crippen LogP contribution in [0.2, 0.25) is 0 Å². The molecule has 0 saturated heterocycles. The lowest BCUT2D eigenvalue weighted by molar-refractivity contribution is -0.117. The molecule has 0 bridgehead atoms. The van der Waals surface area contributed by atoms with Gasteiger partial charge in [-0.05, 0) is 50.1 Å². The number of carbonyl (C=O) groups excluding carboxylic acids is 3. The molecule has 146 valence electrons. The van der Waals surface area contributed by atoms with Gasteiger partial charge in [-0.25, -0.2) is 0 Å². The topological polar surface area (TPSA) is 87.3 Å². The standard InChI is InChI=1S/C21H23N3O3S/c1-14-5-9-16(10-6-14)22-19(25)12-28-13-20(26)23-17-3-2-4-18(11-17)24-21(27)15-7-8-15/h2-6,9-11,15H,7-8,12-13H2,1H3,(H,22,25)(H,23,26)(H,24,27). The Morgan fingerprint density at radius 2 is 1.43 bits per heavy atom. The molecule has 2 aromatic carbocycles. The fourth-order valence-electron chi connectivity index (χ4n) is 2.53. The van der Waals surface area contributed by atoms with Crippen LogP contribution in [0.3, 0.4) is 0 Å². The second kappa shape index (κ2) is 9.41. The van der Waals surface area contributed by atoms with Crippen molar-refractivity contribution >= 4 is 46.5 Å². The fourth-order valence-corrected chi connectivity index (χ4v) is 3.15. The minimum atomic E-state index is -0.196. The van der Waals surface area contributed by atoms with Gasteiger partial charge >= 0.3 is 0 Å². The van der Waals surface area contributed by atoms with Gasteiger partial charge in [0.1, 0.15) is 0 Å². The molecule has 0 spiro atoms. The molecule has 1 aliphatic carbocycles. The first-order valence-corrected chi connectivity index (χ1v) is 10.3. The van der Waals surface area contributed by atoms with Gasteiger partial charge in [0.2, 0.25) is 17.7 Å². The molecule has 2 aromatic rings. The van der Waals surface area contributed by atoms with Crippen LogP contribution in [-0.2, 0) is 14.4 Å². The summed E-state index contributed by atoms with van der Waals surface area (Å²) in [5, 5.41) is 8.44. The number of carbonyl (C=O) groups is 3. The summed E-state index contributed by atoms with van der Waals surface area (Å²) in [6, 6.07) is 14.6. The van der Waals surface area contributed by atoms with Crippen molar-refractivity contribution in [2.24, 2.45) is 5.92 Å². The molecule has 28 heavy (non-hydrogen) atoms. The van der Waals surface area contributed by atoms with E-state index in [1.165, 1.54) is 11.8 Å². The Labute approximate surface area is 168 Å². The first-order valence-electron chi connectivity index (χ1n) is 9.14. The zero-order valence-corrected chi connectivity index (χ0v) is 16.5. The number of nitrogens with one attached hydrogen (secondary N) is 3. The quantitative estimate of drug-likeness (QED) is 0.634. The van der Waals surface area contributed by atoms with Crippen molar-refractivity contribution in [3.63, 3.8) is 0 Å². The molecule has 0 unspecified atom stereocenters. The van der Waals surface area contributed by atoms with Crippen molar-refractivity contribution in [1.29, 1.82) is 0 Å². The lowest BCUT2D eigenvalue weighted by Crippen LogP contribution is -2.18. The van der Waals surface area contributed by atoms with Crippen LogP contribution in [0, 0.1) is 12.8 Å². The van der Waals surface area contributed by atoms with Crippen LogP contribution >= 0.6 is 11.8 Å². The fraction of sp³-hybridized carbons (Fsp3) is 0.286. The molecule has 0 atom stereocenters. The number of hydrogen-bond donors (Lipinski definition) is 3. The van der Waals surface area contributed by atoms with Crippen molar-refractivity contribution < 1.29 is 14.4 Å². The van der Waals surface area contributed by atoms with Crippen molar-refractivity contribution in [3.8, 4) is 0 Å². The monoisotopic (exact) mass is 397 g/mol. The second-order valence-corrected chi connectivity index (χ2v) is 7.79. The Morgan fingerprint density at radius 3 is 2.04 bits per heavy atom. The molecule has 0 radical (unpaired) electrons. The zero-order chi connectivity index (χ0) is 19.9. The first kappa shape index (κ1) is 19.9. The van der Waals surface area contributed by atoms with Crippen molar-refractivity contribution in [1.82, 2.24) is 0 Å². The number of thioether (sulfide) groups is 1. The van der Waals surface area contributed by atoms with Crippen LogP contribution in [0.5, 0.6) is 0 Å². The summed E-state index contributed by atoms with van der Waals surface area (Å²) in [4.78, 5) is 35.9. The van der Waals surface area contributed by atoms with Gasteiger partial charge in [-0.3, -0.25) is 14.4 Å². The number of amides is 3. The number of hydrogen-bond acceptors (Lipinski definition) is 4. The summed E-state index contributed by atoms with van der Waals surface area (Å²) in [5.41, 5.74) is 3.15. The molecular weight excluding hydrogens is 374 g/mol. The molecule has 3 amide bonds. The van der Waals surface area contributed by atoms with Crippen LogP contribution in [0.15, 0.2) is 48.5 Å². The minimum Gasteiger partial charge on any atom is -0.326 e. The summed E-state index contributed by atoms with van der Waals surface area (Å²) in [7, 11) is 0. The van der Waals surface area contributed by atoms with Gasteiger partial charge in [0.15, 0.2) is 0 Å². The van der Waals surface area contributed by atoms with Gasteiger partial charge in [-0.2, -0.15) is 0 Å². The Bertz CT molecular complexity index is 863. The van der Waals surface area contributed by atoms with E-state index in [0.717, 1.165) is 24.1 Å². The second-order valence-electron chi connectivity index (χ2n) is 6.80.